The van der Waals surface area contributed by atoms with Crippen molar-refractivity contribution in [3.8, 4) is 11.3 Å². The van der Waals surface area contributed by atoms with Crippen LogP contribution in [0, 0.1) is 0 Å². The van der Waals surface area contributed by atoms with Crippen molar-refractivity contribution in [3.63, 3.8) is 0 Å². The number of aromatic amines is 1. The van der Waals surface area contributed by atoms with Crippen LogP contribution >= 0.6 is 0 Å². The molecular weight excluding hydrogens is 412 g/mol. The molecular formula is C26H24N6O. The van der Waals surface area contributed by atoms with Crippen molar-refractivity contribution >= 4 is 27.7 Å². The number of nitrogens with zero attached hydrogens (tertiary/aromatic N) is 4. The van der Waals surface area contributed by atoms with Crippen molar-refractivity contribution < 1.29 is 4.79 Å². The van der Waals surface area contributed by atoms with Gasteiger partial charge in [-0.1, -0.05) is 6.07 Å². The SMILES string of the molecule is Cn1ccnc1Cc1cc(-c2nc3ccc4[nH]ncc4c3c3c2CCCC3)ccc1C(N)=O. The van der Waals surface area contributed by atoms with Gasteiger partial charge in [0.15, 0.2) is 0 Å². The van der Waals surface area contributed by atoms with E-state index in [0.29, 0.717) is 12.0 Å². The van der Waals surface area contributed by atoms with E-state index in [-0.39, 0.29) is 0 Å². The Hall–Kier alpha value is -4.00. The Morgan fingerprint density at radius 2 is 2.00 bits per heavy atom. The highest BCUT2D eigenvalue weighted by Gasteiger charge is 2.22. The number of aromatic nitrogens is 5. The fourth-order valence-corrected chi connectivity index (χ4v) is 5.15. The third-order valence-electron chi connectivity index (χ3n) is 6.80. The van der Waals surface area contributed by atoms with E-state index in [0.717, 1.165) is 58.3 Å². The normalized spacial score (nSPS) is 13.5. The highest BCUT2D eigenvalue weighted by atomic mass is 16.1. The quantitative estimate of drug-likeness (QED) is 0.443. The number of benzene rings is 2. The van der Waals surface area contributed by atoms with E-state index in [1.54, 1.807) is 6.20 Å². The largest absolute Gasteiger partial charge is 0.366 e. The summed E-state index contributed by atoms with van der Waals surface area (Å²) in [5, 5.41) is 9.68. The number of hydrogen-bond donors (Lipinski definition) is 2. The first kappa shape index (κ1) is 19.7. The zero-order valence-corrected chi connectivity index (χ0v) is 18.4. The van der Waals surface area contributed by atoms with Gasteiger partial charge in [-0.2, -0.15) is 5.10 Å². The average Bonchev–Trinajstić information content (AvgIpc) is 3.47. The second-order valence-corrected chi connectivity index (χ2v) is 8.78. The minimum absolute atomic E-state index is 0.429. The molecule has 7 heteroatoms. The summed E-state index contributed by atoms with van der Waals surface area (Å²) in [6.07, 6.45) is 10.4. The molecule has 0 saturated heterocycles. The van der Waals surface area contributed by atoms with Gasteiger partial charge in [-0.3, -0.25) is 9.89 Å². The summed E-state index contributed by atoms with van der Waals surface area (Å²) in [5.74, 6) is 0.451. The van der Waals surface area contributed by atoms with Gasteiger partial charge in [0.05, 0.1) is 22.9 Å². The molecule has 1 aliphatic rings. The number of carbonyl (C=O) groups is 1. The van der Waals surface area contributed by atoms with Gasteiger partial charge in [-0.05, 0) is 66.6 Å². The molecule has 0 spiro atoms. The fraction of sp³-hybridized carbons (Fsp3) is 0.231. The molecule has 0 atom stereocenters. The highest BCUT2D eigenvalue weighted by molar-refractivity contribution is 6.07. The minimum atomic E-state index is -0.429. The van der Waals surface area contributed by atoms with E-state index in [9.17, 15) is 4.79 Å². The van der Waals surface area contributed by atoms with Crippen LogP contribution in [0.3, 0.4) is 0 Å². The minimum Gasteiger partial charge on any atom is -0.366 e. The molecule has 6 rings (SSSR count). The number of pyridine rings is 1. The number of fused-ring (bicyclic) bond motifs is 5. The number of H-pyrrole nitrogens is 1. The zero-order chi connectivity index (χ0) is 22.5. The van der Waals surface area contributed by atoms with Crippen LogP contribution in [0.1, 0.15) is 45.7 Å². The lowest BCUT2D eigenvalue weighted by molar-refractivity contribution is 0.0999. The molecule has 33 heavy (non-hydrogen) atoms. The summed E-state index contributed by atoms with van der Waals surface area (Å²) in [7, 11) is 1.95. The molecule has 0 aliphatic heterocycles. The van der Waals surface area contributed by atoms with Crippen LogP contribution in [-0.2, 0) is 26.3 Å². The first-order chi connectivity index (χ1) is 16.1. The van der Waals surface area contributed by atoms with Crippen molar-refractivity contribution in [2.24, 2.45) is 12.8 Å². The van der Waals surface area contributed by atoms with Crippen molar-refractivity contribution in [2.45, 2.75) is 32.1 Å². The Balaban J connectivity index is 1.57. The number of hydrogen-bond acceptors (Lipinski definition) is 4. The molecule has 0 unspecified atom stereocenters. The lowest BCUT2D eigenvalue weighted by Crippen LogP contribution is -2.15. The molecule has 164 valence electrons. The average molecular weight is 437 g/mol. The summed E-state index contributed by atoms with van der Waals surface area (Å²) >= 11 is 0. The van der Waals surface area contributed by atoms with E-state index < -0.39 is 5.91 Å². The zero-order valence-electron chi connectivity index (χ0n) is 18.4. The summed E-state index contributed by atoms with van der Waals surface area (Å²) in [4.78, 5) is 21.7. The van der Waals surface area contributed by atoms with Crippen molar-refractivity contribution in [3.05, 3.63) is 77.0 Å². The van der Waals surface area contributed by atoms with Crippen LogP contribution in [0.15, 0.2) is 48.9 Å². The maximum absolute atomic E-state index is 12.2. The van der Waals surface area contributed by atoms with Crippen LogP contribution in [0.5, 0.6) is 0 Å². The Bertz CT molecular complexity index is 1540. The third kappa shape index (κ3) is 3.19. The van der Waals surface area contributed by atoms with Crippen molar-refractivity contribution in [2.75, 3.05) is 0 Å². The smallest absolute Gasteiger partial charge is 0.248 e. The van der Waals surface area contributed by atoms with Crippen LogP contribution in [-0.4, -0.2) is 30.6 Å². The topological polar surface area (TPSA) is 102 Å². The van der Waals surface area contributed by atoms with Gasteiger partial charge < -0.3 is 10.3 Å². The Morgan fingerprint density at radius 1 is 1.15 bits per heavy atom. The van der Waals surface area contributed by atoms with E-state index in [1.807, 2.05) is 42.2 Å². The molecule has 1 amide bonds. The molecule has 3 aromatic heterocycles. The molecule has 1 aliphatic carbocycles. The number of aryl methyl sites for hydroxylation is 2. The van der Waals surface area contributed by atoms with Crippen molar-refractivity contribution in [1.82, 2.24) is 24.7 Å². The molecule has 0 radical (unpaired) electrons. The van der Waals surface area contributed by atoms with Crippen LogP contribution < -0.4 is 5.73 Å². The number of imidazole rings is 1. The lowest BCUT2D eigenvalue weighted by Gasteiger charge is -2.22. The number of carbonyl (C=O) groups excluding carboxylic acids is 1. The Kier molecular flexibility index (Phi) is 4.50. The molecule has 7 nitrogen and oxygen atoms in total. The molecule has 0 bridgehead atoms. The fourth-order valence-electron chi connectivity index (χ4n) is 5.15. The number of primary amides is 1. The molecule has 2 aromatic carbocycles. The summed E-state index contributed by atoms with van der Waals surface area (Å²) in [5.41, 5.74) is 13.8. The van der Waals surface area contributed by atoms with Crippen LogP contribution in [0.25, 0.3) is 33.1 Å². The van der Waals surface area contributed by atoms with E-state index >= 15 is 0 Å². The number of nitrogens with two attached hydrogens (primary N) is 1. The summed E-state index contributed by atoms with van der Waals surface area (Å²) in [6, 6.07) is 9.98. The standard InChI is InChI=1S/C26H24N6O/c1-32-11-10-28-23(32)13-16-12-15(6-7-17(16)26(27)33)25-19-5-3-2-4-18(19)24-20-14-29-31-21(20)8-9-22(24)30-25/h6-12,14H,2-5,13H2,1H3,(H2,27,33)(H,29,31). The number of rotatable bonds is 4. The second kappa shape index (κ2) is 7.55. The third-order valence-corrected chi connectivity index (χ3v) is 6.80. The summed E-state index contributed by atoms with van der Waals surface area (Å²) in [6.45, 7) is 0. The van der Waals surface area contributed by atoms with Gasteiger partial charge in [0.2, 0.25) is 5.91 Å². The molecule has 3 N–H and O–H groups in total. The second-order valence-electron chi connectivity index (χ2n) is 8.78. The molecule has 5 aromatic rings. The van der Waals surface area contributed by atoms with E-state index in [1.165, 1.54) is 22.9 Å². The first-order valence-electron chi connectivity index (χ1n) is 11.3. The molecule has 0 saturated carbocycles. The van der Waals surface area contributed by atoms with Crippen LogP contribution in [0.4, 0.5) is 0 Å². The maximum Gasteiger partial charge on any atom is 0.248 e. The van der Waals surface area contributed by atoms with Gasteiger partial charge in [-0.25, -0.2) is 9.97 Å². The molecule has 3 heterocycles. The first-order valence-corrected chi connectivity index (χ1v) is 11.3. The number of nitrogens with one attached hydrogen (secondary N) is 1. The predicted molar refractivity (Wildman–Crippen MR) is 128 cm³/mol. The van der Waals surface area contributed by atoms with Gasteiger partial charge in [-0.15, -0.1) is 0 Å². The van der Waals surface area contributed by atoms with Gasteiger partial charge >= 0.3 is 0 Å². The van der Waals surface area contributed by atoms with Gasteiger partial charge in [0.1, 0.15) is 5.82 Å². The number of amides is 1. The monoisotopic (exact) mass is 436 g/mol. The van der Waals surface area contributed by atoms with E-state index in [4.69, 9.17) is 10.7 Å². The lowest BCUT2D eigenvalue weighted by atomic mass is 9.85. The van der Waals surface area contributed by atoms with Gasteiger partial charge in [0.25, 0.3) is 0 Å². The van der Waals surface area contributed by atoms with E-state index in [2.05, 4.69) is 27.3 Å². The Morgan fingerprint density at radius 3 is 2.79 bits per heavy atom. The van der Waals surface area contributed by atoms with Crippen LogP contribution in [0.2, 0.25) is 0 Å². The summed E-state index contributed by atoms with van der Waals surface area (Å²) < 4.78 is 1.96. The highest BCUT2D eigenvalue weighted by Crippen LogP contribution is 2.38. The predicted octanol–water partition coefficient (Wildman–Crippen LogP) is 4.08. The maximum atomic E-state index is 12.2. The Labute approximate surface area is 190 Å². The molecule has 0 fully saturated rings. The van der Waals surface area contributed by atoms with Crippen molar-refractivity contribution in [1.29, 1.82) is 0 Å². The van der Waals surface area contributed by atoms with Gasteiger partial charge in [0, 0.05) is 47.8 Å².